The first-order valence-electron chi connectivity index (χ1n) is 11.5. The molecule has 0 aliphatic rings. The molecule has 2 aromatic heterocycles. The minimum Gasteiger partial charge on any atom is -0.378 e. The van der Waals surface area contributed by atoms with Gasteiger partial charge in [-0.15, -0.1) is 0 Å². The lowest BCUT2D eigenvalue weighted by atomic mass is 9.95. The summed E-state index contributed by atoms with van der Waals surface area (Å²) in [6.07, 6.45) is 0. The summed E-state index contributed by atoms with van der Waals surface area (Å²) in [7, 11) is 8.02. The molecule has 5 rings (SSSR count). The van der Waals surface area contributed by atoms with E-state index in [0.29, 0.717) is 5.56 Å². The first-order chi connectivity index (χ1) is 16.7. The number of nitrogens with zero attached hydrogens (tertiary/aromatic N) is 3. The average Bonchev–Trinajstić information content (AvgIpc) is 3.34. The molecule has 0 spiro atoms. The summed E-state index contributed by atoms with van der Waals surface area (Å²) >= 11 is 0. The lowest BCUT2D eigenvalue weighted by molar-refractivity contribution is -0.384. The molecule has 7 nitrogen and oxygen atoms in total. The summed E-state index contributed by atoms with van der Waals surface area (Å²) in [6.45, 7) is 4.08. The van der Waals surface area contributed by atoms with E-state index in [-0.39, 0.29) is 10.6 Å². The summed E-state index contributed by atoms with van der Waals surface area (Å²) in [5.41, 5.74) is 9.32. The molecule has 0 fully saturated rings. The first-order valence-corrected chi connectivity index (χ1v) is 11.5. The second-order valence-corrected chi connectivity index (χ2v) is 9.46. The van der Waals surface area contributed by atoms with Crippen molar-refractivity contribution in [2.75, 3.05) is 38.0 Å². The molecule has 0 bridgehead atoms. The number of H-pyrrole nitrogens is 2. The molecule has 2 heterocycles. The van der Waals surface area contributed by atoms with E-state index in [9.17, 15) is 10.1 Å². The van der Waals surface area contributed by atoms with Crippen molar-refractivity contribution in [1.82, 2.24) is 9.97 Å². The molecule has 0 saturated heterocycles. The standard InChI is InChI=1S/C28H29N5O2/c1-16-20-12-10-18(31(3)4)14-23(20)29-27(16)22-8-7-9-25(33(34)35)26(22)28-17(2)21-13-11-19(32(5)6)15-24(21)30-28/h7-15,29-30H,1-6H3. The van der Waals surface area contributed by atoms with Gasteiger partial charge in [0.2, 0.25) is 0 Å². The third-order valence-corrected chi connectivity index (χ3v) is 6.87. The number of aromatic amines is 2. The molecule has 5 aromatic rings. The Labute approximate surface area is 204 Å². The van der Waals surface area contributed by atoms with Crippen LogP contribution in [-0.4, -0.2) is 43.1 Å². The van der Waals surface area contributed by atoms with Crippen LogP contribution in [0.5, 0.6) is 0 Å². The fraction of sp³-hybridized carbons (Fsp3) is 0.214. The van der Waals surface area contributed by atoms with Gasteiger partial charge in [-0.1, -0.05) is 24.3 Å². The van der Waals surface area contributed by atoms with Crippen molar-refractivity contribution >= 4 is 38.9 Å². The maximum Gasteiger partial charge on any atom is 0.279 e. The van der Waals surface area contributed by atoms with E-state index in [1.165, 1.54) is 0 Å². The van der Waals surface area contributed by atoms with Crippen LogP contribution >= 0.6 is 0 Å². The van der Waals surface area contributed by atoms with Crippen LogP contribution in [0, 0.1) is 24.0 Å². The Morgan fingerprint density at radius 2 is 1.26 bits per heavy atom. The molecule has 0 atom stereocenters. The quantitative estimate of drug-likeness (QED) is 0.224. The summed E-state index contributed by atoms with van der Waals surface area (Å²) in [5, 5.41) is 14.4. The fourth-order valence-electron chi connectivity index (χ4n) is 4.89. The largest absolute Gasteiger partial charge is 0.378 e. The Morgan fingerprint density at radius 3 is 1.77 bits per heavy atom. The van der Waals surface area contributed by atoms with Gasteiger partial charge >= 0.3 is 0 Å². The fourth-order valence-corrected chi connectivity index (χ4v) is 4.89. The van der Waals surface area contributed by atoms with Gasteiger partial charge in [-0.25, -0.2) is 0 Å². The molecule has 0 unspecified atom stereocenters. The molecule has 0 aliphatic carbocycles. The van der Waals surface area contributed by atoms with Crippen LogP contribution in [-0.2, 0) is 0 Å². The van der Waals surface area contributed by atoms with Crippen molar-refractivity contribution in [1.29, 1.82) is 0 Å². The number of benzene rings is 3. The number of nitrogens with one attached hydrogen (secondary N) is 2. The van der Waals surface area contributed by atoms with Gasteiger partial charge in [-0.3, -0.25) is 10.1 Å². The monoisotopic (exact) mass is 467 g/mol. The van der Waals surface area contributed by atoms with Crippen LogP contribution in [0.15, 0.2) is 54.6 Å². The van der Waals surface area contributed by atoms with Crippen LogP contribution in [0.4, 0.5) is 17.1 Å². The molecular weight excluding hydrogens is 438 g/mol. The summed E-state index contributed by atoms with van der Waals surface area (Å²) < 4.78 is 0. The SMILES string of the molecule is Cc1c(-c2cccc([N+](=O)[O-])c2-c2[nH]c3cc(N(C)C)ccc3c2C)[nH]c2cc(N(C)C)ccc12. The molecule has 35 heavy (non-hydrogen) atoms. The maximum absolute atomic E-state index is 12.2. The first kappa shape index (κ1) is 22.5. The van der Waals surface area contributed by atoms with E-state index in [1.807, 2.05) is 46.1 Å². The molecule has 0 amide bonds. The van der Waals surface area contributed by atoms with Crippen molar-refractivity contribution in [3.63, 3.8) is 0 Å². The predicted molar refractivity (Wildman–Crippen MR) is 146 cm³/mol. The molecule has 7 heteroatoms. The number of anilines is 2. The predicted octanol–water partition coefficient (Wildman–Crippen LogP) is 6.64. The van der Waals surface area contributed by atoms with Gasteiger partial charge in [-0.2, -0.15) is 0 Å². The van der Waals surface area contributed by atoms with Crippen molar-refractivity contribution in [2.24, 2.45) is 0 Å². The van der Waals surface area contributed by atoms with Gasteiger partial charge in [0.1, 0.15) is 0 Å². The zero-order chi connectivity index (χ0) is 25.0. The van der Waals surface area contributed by atoms with Crippen molar-refractivity contribution < 1.29 is 4.92 Å². The molecule has 0 radical (unpaired) electrons. The Kier molecular flexibility index (Phi) is 5.28. The van der Waals surface area contributed by atoms with E-state index >= 15 is 0 Å². The average molecular weight is 468 g/mol. The molecule has 3 aromatic carbocycles. The Hall–Kier alpha value is -4.26. The highest BCUT2D eigenvalue weighted by Gasteiger charge is 2.26. The van der Waals surface area contributed by atoms with Gasteiger partial charge < -0.3 is 19.8 Å². The normalized spacial score (nSPS) is 11.4. The van der Waals surface area contributed by atoms with Gasteiger partial charge in [0.05, 0.1) is 21.9 Å². The lowest BCUT2D eigenvalue weighted by Gasteiger charge is -2.11. The summed E-state index contributed by atoms with van der Waals surface area (Å²) in [4.78, 5) is 23.1. The highest BCUT2D eigenvalue weighted by Crippen LogP contribution is 2.44. The van der Waals surface area contributed by atoms with E-state index < -0.39 is 0 Å². The zero-order valence-corrected chi connectivity index (χ0v) is 20.9. The number of aromatic nitrogens is 2. The van der Waals surface area contributed by atoms with Gasteiger partial charge in [0, 0.05) is 73.0 Å². The van der Waals surface area contributed by atoms with Crippen LogP contribution in [0.1, 0.15) is 11.1 Å². The van der Waals surface area contributed by atoms with E-state index in [2.05, 4.69) is 58.2 Å². The smallest absolute Gasteiger partial charge is 0.279 e. The minimum atomic E-state index is -0.294. The van der Waals surface area contributed by atoms with Crippen molar-refractivity contribution in [3.8, 4) is 22.5 Å². The maximum atomic E-state index is 12.2. The van der Waals surface area contributed by atoms with Crippen LogP contribution < -0.4 is 9.80 Å². The number of nitro benzene ring substituents is 1. The summed E-state index contributed by atoms with van der Waals surface area (Å²) in [6, 6.07) is 17.8. The molecule has 0 aliphatic heterocycles. The molecular formula is C28H29N5O2. The Balaban J connectivity index is 1.80. The van der Waals surface area contributed by atoms with Crippen molar-refractivity contribution in [2.45, 2.75) is 13.8 Å². The highest BCUT2D eigenvalue weighted by molar-refractivity contribution is 6.00. The third-order valence-electron chi connectivity index (χ3n) is 6.87. The van der Waals surface area contributed by atoms with E-state index in [0.717, 1.165) is 61.3 Å². The number of hydrogen-bond acceptors (Lipinski definition) is 4. The molecule has 0 saturated carbocycles. The third kappa shape index (κ3) is 3.60. The van der Waals surface area contributed by atoms with Gasteiger partial charge in [0.15, 0.2) is 0 Å². The van der Waals surface area contributed by atoms with Crippen LogP contribution in [0.25, 0.3) is 44.3 Å². The van der Waals surface area contributed by atoms with Crippen molar-refractivity contribution in [3.05, 3.63) is 75.8 Å². The number of rotatable bonds is 5. The lowest BCUT2D eigenvalue weighted by Crippen LogP contribution is -2.07. The van der Waals surface area contributed by atoms with Gasteiger partial charge in [-0.05, 0) is 49.2 Å². The second-order valence-electron chi connectivity index (χ2n) is 9.46. The zero-order valence-electron chi connectivity index (χ0n) is 20.9. The number of hydrogen-bond donors (Lipinski definition) is 2. The number of fused-ring (bicyclic) bond motifs is 2. The van der Waals surface area contributed by atoms with Crippen LogP contribution in [0.3, 0.4) is 0 Å². The number of aryl methyl sites for hydroxylation is 2. The molecule has 178 valence electrons. The van der Waals surface area contributed by atoms with E-state index in [4.69, 9.17) is 0 Å². The highest BCUT2D eigenvalue weighted by atomic mass is 16.6. The number of nitro groups is 1. The molecule has 2 N–H and O–H groups in total. The topological polar surface area (TPSA) is 81.2 Å². The van der Waals surface area contributed by atoms with Gasteiger partial charge in [0.25, 0.3) is 5.69 Å². The Bertz CT molecular complexity index is 1610. The minimum absolute atomic E-state index is 0.0806. The van der Waals surface area contributed by atoms with Crippen LogP contribution in [0.2, 0.25) is 0 Å². The Morgan fingerprint density at radius 1 is 0.743 bits per heavy atom. The second kappa shape index (κ2) is 8.20. The van der Waals surface area contributed by atoms with E-state index in [1.54, 1.807) is 12.1 Å². The summed E-state index contributed by atoms with van der Waals surface area (Å²) in [5.74, 6) is 0.